The van der Waals surface area contributed by atoms with Crippen molar-refractivity contribution in [2.45, 2.75) is 44.2 Å². The number of rotatable bonds is 5. The highest BCUT2D eigenvalue weighted by Crippen LogP contribution is 2.31. The second-order valence-electron chi connectivity index (χ2n) is 5.91. The molecule has 2 rings (SSSR count). The third kappa shape index (κ3) is 3.30. The van der Waals surface area contributed by atoms with Gasteiger partial charge in [0.1, 0.15) is 5.69 Å². The van der Waals surface area contributed by atoms with Crippen LogP contribution < -0.4 is 5.73 Å². The van der Waals surface area contributed by atoms with E-state index >= 15 is 0 Å². The van der Waals surface area contributed by atoms with Crippen LogP contribution in [0.4, 0.5) is 0 Å². The van der Waals surface area contributed by atoms with E-state index in [0.717, 1.165) is 36.7 Å². The summed E-state index contributed by atoms with van der Waals surface area (Å²) in [6, 6.07) is 0. The number of Topliss-reactive ketones (excluding diaryl/α,β-unsaturated/α-hetero) is 1. The number of ketones is 1. The molecule has 0 aromatic carbocycles. The number of nitrogens with zero attached hydrogens (tertiary/aromatic N) is 3. The quantitative estimate of drug-likeness (QED) is 0.831. The summed E-state index contributed by atoms with van der Waals surface area (Å²) in [6.07, 6.45) is 6.48. The predicted octanol–water partition coefficient (Wildman–Crippen LogP) is 2.05. The summed E-state index contributed by atoms with van der Waals surface area (Å²) in [5, 5.41) is 4.30. The van der Waals surface area contributed by atoms with Crippen LogP contribution in [-0.2, 0) is 6.54 Å². The van der Waals surface area contributed by atoms with E-state index in [1.807, 2.05) is 14.1 Å². The summed E-state index contributed by atoms with van der Waals surface area (Å²) in [5.74, 6) is 0.0281. The number of nitrogens with two attached hydrogens (primary N) is 1. The molecule has 1 heterocycles. The van der Waals surface area contributed by atoms with Gasteiger partial charge in [0.25, 0.3) is 0 Å². The lowest BCUT2D eigenvalue weighted by molar-refractivity contribution is 0.0834. The Morgan fingerprint density at radius 1 is 1.45 bits per heavy atom. The number of carbonyl (C=O) groups is 1. The maximum absolute atomic E-state index is 12.8. The zero-order valence-electron chi connectivity index (χ0n) is 12.2. The highest BCUT2D eigenvalue weighted by Gasteiger charge is 2.38. The topological polar surface area (TPSA) is 64.2 Å². The van der Waals surface area contributed by atoms with Crippen LogP contribution in [0.3, 0.4) is 0 Å². The lowest BCUT2D eigenvalue weighted by Gasteiger charge is -2.32. The van der Waals surface area contributed by atoms with Gasteiger partial charge >= 0.3 is 0 Å². The van der Waals surface area contributed by atoms with Gasteiger partial charge in [-0.2, -0.15) is 5.10 Å². The molecule has 5 nitrogen and oxygen atoms in total. The van der Waals surface area contributed by atoms with Crippen LogP contribution in [0.2, 0.25) is 0 Å². The summed E-state index contributed by atoms with van der Waals surface area (Å²) >= 11 is 3.44. The number of aromatic nitrogens is 2. The molecule has 112 valence electrons. The highest BCUT2D eigenvalue weighted by atomic mass is 79.9. The van der Waals surface area contributed by atoms with E-state index in [1.54, 1.807) is 10.9 Å². The van der Waals surface area contributed by atoms with E-state index in [1.165, 1.54) is 6.42 Å². The van der Waals surface area contributed by atoms with Crippen molar-refractivity contribution in [1.29, 1.82) is 0 Å². The molecule has 2 N–H and O–H groups in total. The fourth-order valence-electron chi connectivity index (χ4n) is 2.70. The molecule has 1 aromatic heterocycles. The third-order valence-corrected chi connectivity index (χ3v) is 4.55. The Morgan fingerprint density at radius 2 is 2.10 bits per heavy atom. The monoisotopic (exact) mass is 342 g/mol. The number of hydrogen-bond donors (Lipinski definition) is 1. The second kappa shape index (κ2) is 6.37. The average Bonchev–Trinajstić information content (AvgIpc) is 2.77. The summed E-state index contributed by atoms with van der Waals surface area (Å²) in [4.78, 5) is 14.9. The first-order chi connectivity index (χ1) is 9.44. The maximum Gasteiger partial charge on any atom is 0.201 e. The van der Waals surface area contributed by atoms with Crippen LogP contribution in [0, 0.1) is 0 Å². The van der Waals surface area contributed by atoms with Crippen LogP contribution >= 0.6 is 15.9 Å². The first-order valence-corrected chi connectivity index (χ1v) is 7.93. The van der Waals surface area contributed by atoms with Gasteiger partial charge in [-0.3, -0.25) is 9.48 Å². The summed E-state index contributed by atoms with van der Waals surface area (Å²) in [7, 11) is 4.01. The van der Waals surface area contributed by atoms with Crippen molar-refractivity contribution in [2.24, 2.45) is 5.73 Å². The van der Waals surface area contributed by atoms with Crippen LogP contribution in [0.5, 0.6) is 0 Å². The Labute approximate surface area is 128 Å². The van der Waals surface area contributed by atoms with E-state index < -0.39 is 5.54 Å². The largest absolute Gasteiger partial charge is 0.319 e. The number of halogens is 1. The van der Waals surface area contributed by atoms with Crippen molar-refractivity contribution in [3.8, 4) is 0 Å². The molecule has 1 aliphatic carbocycles. The smallest absolute Gasteiger partial charge is 0.201 e. The van der Waals surface area contributed by atoms with Gasteiger partial charge in [-0.25, -0.2) is 0 Å². The van der Waals surface area contributed by atoms with Gasteiger partial charge in [-0.15, -0.1) is 0 Å². The molecule has 1 aromatic rings. The molecular weight excluding hydrogens is 320 g/mol. The zero-order chi connectivity index (χ0) is 14.8. The van der Waals surface area contributed by atoms with E-state index in [9.17, 15) is 4.79 Å². The molecule has 0 radical (unpaired) electrons. The van der Waals surface area contributed by atoms with Crippen molar-refractivity contribution in [1.82, 2.24) is 14.7 Å². The maximum atomic E-state index is 12.8. The van der Waals surface area contributed by atoms with E-state index in [0.29, 0.717) is 12.2 Å². The fraction of sp³-hybridized carbons (Fsp3) is 0.714. The van der Waals surface area contributed by atoms with Gasteiger partial charge in [0.2, 0.25) is 5.78 Å². The van der Waals surface area contributed by atoms with E-state index in [2.05, 4.69) is 25.9 Å². The van der Waals surface area contributed by atoms with Crippen molar-refractivity contribution in [3.05, 3.63) is 16.4 Å². The van der Waals surface area contributed by atoms with Gasteiger partial charge in [0.15, 0.2) is 0 Å². The van der Waals surface area contributed by atoms with Crippen molar-refractivity contribution in [2.75, 3.05) is 20.6 Å². The van der Waals surface area contributed by atoms with Crippen LogP contribution in [0.15, 0.2) is 10.7 Å². The molecule has 20 heavy (non-hydrogen) atoms. The number of carbonyl (C=O) groups excluding carboxylic acids is 1. The Hall–Kier alpha value is -0.720. The first-order valence-electron chi connectivity index (χ1n) is 7.14. The molecule has 0 atom stereocenters. The van der Waals surface area contributed by atoms with Crippen LogP contribution in [0.1, 0.15) is 42.6 Å². The molecule has 1 fully saturated rings. The van der Waals surface area contributed by atoms with Crippen molar-refractivity contribution >= 4 is 21.7 Å². The van der Waals surface area contributed by atoms with Crippen molar-refractivity contribution in [3.63, 3.8) is 0 Å². The average molecular weight is 343 g/mol. The molecule has 0 bridgehead atoms. The molecule has 0 unspecified atom stereocenters. The Balaban J connectivity index is 2.22. The fourth-order valence-corrected chi connectivity index (χ4v) is 3.17. The molecule has 0 spiro atoms. The lowest BCUT2D eigenvalue weighted by Crippen LogP contribution is -2.50. The summed E-state index contributed by atoms with van der Waals surface area (Å²) in [5.41, 5.74) is 6.28. The molecule has 6 heteroatoms. The number of hydrogen-bond acceptors (Lipinski definition) is 4. The van der Waals surface area contributed by atoms with Gasteiger partial charge in [-0.1, -0.05) is 19.3 Å². The molecular formula is C14H23BrN4O. The predicted molar refractivity (Wildman–Crippen MR) is 82.8 cm³/mol. The van der Waals surface area contributed by atoms with E-state index in [4.69, 9.17) is 5.73 Å². The van der Waals surface area contributed by atoms with E-state index in [-0.39, 0.29) is 5.78 Å². The Morgan fingerprint density at radius 3 is 2.70 bits per heavy atom. The second-order valence-corrected chi connectivity index (χ2v) is 6.77. The first kappa shape index (κ1) is 15.7. The third-order valence-electron chi connectivity index (χ3n) is 3.97. The van der Waals surface area contributed by atoms with Gasteiger partial charge < -0.3 is 10.6 Å². The molecule has 1 aliphatic rings. The minimum absolute atomic E-state index is 0.0281. The Bertz CT molecular complexity index is 478. The SMILES string of the molecule is CN(C)CCn1ncc(Br)c1C(=O)C1(N)CCCCC1. The minimum atomic E-state index is -0.712. The van der Waals surface area contributed by atoms with Crippen molar-refractivity contribution < 1.29 is 4.79 Å². The highest BCUT2D eigenvalue weighted by molar-refractivity contribution is 9.10. The normalized spacial score (nSPS) is 18.4. The standard InChI is InChI=1S/C14H23BrN4O/c1-18(2)8-9-19-12(11(15)10-17-19)13(20)14(16)6-4-3-5-7-14/h10H,3-9,16H2,1-2H3. The lowest BCUT2D eigenvalue weighted by atomic mass is 9.78. The van der Waals surface area contributed by atoms with Gasteiger partial charge in [-0.05, 0) is 42.9 Å². The van der Waals surface area contributed by atoms with Gasteiger partial charge in [0, 0.05) is 6.54 Å². The number of likely N-dealkylation sites (N-methyl/N-ethyl adjacent to an activating group) is 1. The molecule has 1 saturated carbocycles. The van der Waals surface area contributed by atoms with Crippen LogP contribution in [-0.4, -0.2) is 46.6 Å². The summed E-state index contributed by atoms with van der Waals surface area (Å²) < 4.78 is 2.52. The molecule has 0 amide bonds. The minimum Gasteiger partial charge on any atom is -0.319 e. The van der Waals surface area contributed by atoms with Gasteiger partial charge in [0.05, 0.1) is 22.8 Å². The zero-order valence-corrected chi connectivity index (χ0v) is 13.8. The molecule has 0 saturated heterocycles. The molecule has 0 aliphatic heterocycles. The Kier molecular flexibility index (Phi) is 4.99. The summed E-state index contributed by atoms with van der Waals surface area (Å²) in [6.45, 7) is 1.53. The van der Waals surface area contributed by atoms with Crippen LogP contribution in [0.25, 0.3) is 0 Å².